The summed E-state index contributed by atoms with van der Waals surface area (Å²) in [6.45, 7) is 1.12. The fourth-order valence-electron chi connectivity index (χ4n) is 4.44. The summed E-state index contributed by atoms with van der Waals surface area (Å²) in [5.74, 6) is 0.787. The summed E-state index contributed by atoms with van der Waals surface area (Å²) >= 11 is 0. The average Bonchev–Trinajstić information content (AvgIpc) is 3.42. The molecule has 7 nitrogen and oxygen atoms in total. The van der Waals surface area contributed by atoms with E-state index in [9.17, 15) is 13.2 Å². The Morgan fingerprint density at radius 3 is 2.79 bits per heavy atom. The second kappa shape index (κ2) is 6.59. The highest BCUT2D eigenvalue weighted by molar-refractivity contribution is 7.92. The number of carbonyl (C=O) groups is 1. The van der Waals surface area contributed by atoms with Gasteiger partial charge >= 0.3 is 0 Å². The fraction of sp³-hybridized carbons (Fsp3) is 0.333. The van der Waals surface area contributed by atoms with Crippen LogP contribution in [0.5, 0.6) is 0 Å². The Hall–Kier alpha value is -2.87. The van der Waals surface area contributed by atoms with Crippen molar-refractivity contribution in [1.82, 2.24) is 14.9 Å². The van der Waals surface area contributed by atoms with Crippen molar-refractivity contribution in [2.75, 3.05) is 23.7 Å². The van der Waals surface area contributed by atoms with Crippen molar-refractivity contribution in [2.24, 2.45) is 0 Å². The second-order valence-electron chi connectivity index (χ2n) is 7.72. The van der Waals surface area contributed by atoms with Crippen LogP contribution in [0.15, 0.2) is 42.5 Å². The molecule has 0 saturated carbocycles. The summed E-state index contributed by atoms with van der Waals surface area (Å²) in [4.78, 5) is 23.2. The first-order valence-corrected chi connectivity index (χ1v) is 11.6. The lowest BCUT2D eigenvalue weighted by molar-refractivity contribution is 0.0730. The molecule has 1 N–H and O–H groups in total. The van der Waals surface area contributed by atoms with Crippen LogP contribution in [0.1, 0.15) is 40.6 Å². The van der Waals surface area contributed by atoms with Crippen LogP contribution < -0.4 is 4.31 Å². The maximum Gasteiger partial charge on any atom is 0.254 e. The molecular weight excluding hydrogens is 388 g/mol. The Morgan fingerprint density at radius 2 is 2.00 bits per heavy atom. The molecule has 0 spiro atoms. The number of aromatic amines is 1. The number of likely N-dealkylation sites (tertiary alicyclic amines) is 1. The van der Waals surface area contributed by atoms with Gasteiger partial charge in [-0.15, -0.1) is 0 Å². The van der Waals surface area contributed by atoms with Crippen LogP contribution >= 0.6 is 0 Å². The summed E-state index contributed by atoms with van der Waals surface area (Å²) < 4.78 is 25.3. The number of H-pyrrole nitrogens is 1. The lowest BCUT2D eigenvalue weighted by atomic mass is 10.1. The molecule has 3 heterocycles. The number of benzene rings is 2. The van der Waals surface area contributed by atoms with Crippen molar-refractivity contribution in [2.45, 2.75) is 25.3 Å². The molecule has 5 rings (SSSR count). The third-order valence-electron chi connectivity index (χ3n) is 5.82. The number of amides is 1. The minimum atomic E-state index is -3.30. The molecule has 1 saturated heterocycles. The molecule has 2 aliphatic heterocycles. The lowest BCUT2D eigenvalue weighted by Gasteiger charge is -2.24. The number of para-hydroxylation sites is 2. The van der Waals surface area contributed by atoms with Crippen molar-refractivity contribution in [3.05, 3.63) is 59.4 Å². The average molecular weight is 410 g/mol. The smallest absolute Gasteiger partial charge is 0.254 e. The highest BCUT2D eigenvalue weighted by Crippen LogP contribution is 2.35. The molecule has 1 fully saturated rings. The van der Waals surface area contributed by atoms with E-state index in [0.717, 1.165) is 35.3 Å². The summed E-state index contributed by atoms with van der Waals surface area (Å²) in [5.41, 5.74) is 4.06. The van der Waals surface area contributed by atoms with E-state index >= 15 is 0 Å². The van der Waals surface area contributed by atoms with Crippen LogP contribution in [-0.2, 0) is 16.4 Å². The number of carbonyl (C=O) groups excluding carboxylic acids is 1. The first kappa shape index (κ1) is 18.2. The Balaban J connectivity index is 1.44. The van der Waals surface area contributed by atoms with Crippen molar-refractivity contribution in [3.8, 4) is 0 Å². The SMILES string of the molecule is CS(=O)(=O)N1CCc2cc(C(=O)N3CCC[C@H]3c3nc4ccccc4[nH]3)ccc21. The predicted molar refractivity (Wildman–Crippen MR) is 111 cm³/mol. The van der Waals surface area contributed by atoms with E-state index < -0.39 is 10.0 Å². The van der Waals surface area contributed by atoms with Gasteiger partial charge in [0.25, 0.3) is 5.91 Å². The molecule has 1 atom stereocenters. The molecule has 2 aliphatic rings. The maximum atomic E-state index is 13.3. The first-order chi connectivity index (χ1) is 13.9. The molecule has 1 aromatic heterocycles. The number of fused-ring (bicyclic) bond motifs is 2. The summed E-state index contributed by atoms with van der Waals surface area (Å²) in [6.07, 6.45) is 3.64. The highest BCUT2D eigenvalue weighted by atomic mass is 32.2. The number of sulfonamides is 1. The van der Waals surface area contributed by atoms with E-state index in [4.69, 9.17) is 4.98 Å². The van der Waals surface area contributed by atoms with Gasteiger partial charge in [0.15, 0.2) is 0 Å². The van der Waals surface area contributed by atoms with Crippen LogP contribution in [0.4, 0.5) is 5.69 Å². The lowest BCUT2D eigenvalue weighted by Crippen LogP contribution is -2.31. The number of anilines is 1. The molecule has 0 aliphatic carbocycles. The summed E-state index contributed by atoms with van der Waals surface area (Å²) in [5, 5.41) is 0. The number of imidazole rings is 1. The van der Waals surface area contributed by atoms with Crippen molar-refractivity contribution < 1.29 is 13.2 Å². The first-order valence-electron chi connectivity index (χ1n) is 9.78. The van der Waals surface area contributed by atoms with E-state index in [1.54, 1.807) is 12.1 Å². The molecule has 1 amide bonds. The fourth-order valence-corrected chi connectivity index (χ4v) is 5.40. The normalized spacial score (nSPS) is 19.1. The van der Waals surface area contributed by atoms with Crippen LogP contribution in [0, 0.1) is 0 Å². The van der Waals surface area contributed by atoms with E-state index in [-0.39, 0.29) is 11.9 Å². The number of rotatable bonds is 3. The van der Waals surface area contributed by atoms with Gasteiger partial charge in [0.1, 0.15) is 5.82 Å². The minimum absolute atomic E-state index is 0.0337. The molecule has 0 bridgehead atoms. The summed E-state index contributed by atoms with van der Waals surface area (Å²) in [7, 11) is -3.30. The van der Waals surface area contributed by atoms with Crippen LogP contribution in [0.25, 0.3) is 11.0 Å². The molecule has 3 aromatic rings. The second-order valence-corrected chi connectivity index (χ2v) is 9.63. The standard InChI is InChI=1S/C21H22N4O3S/c1-29(27,28)25-12-10-14-13-15(8-9-18(14)25)21(26)24-11-4-7-19(24)20-22-16-5-2-3-6-17(16)23-20/h2-3,5-6,8-9,13,19H,4,7,10-12H2,1H3,(H,22,23)/t19-/m0/s1. The van der Waals surface area contributed by atoms with Crippen LogP contribution in [0.3, 0.4) is 0 Å². The predicted octanol–water partition coefficient (Wildman–Crippen LogP) is 2.86. The van der Waals surface area contributed by atoms with Crippen LogP contribution in [0.2, 0.25) is 0 Å². The van der Waals surface area contributed by atoms with Crippen molar-refractivity contribution in [1.29, 1.82) is 0 Å². The van der Waals surface area contributed by atoms with Gasteiger partial charge in [-0.25, -0.2) is 13.4 Å². The third kappa shape index (κ3) is 3.07. The van der Waals surface area contributed by atoms with Gasteiger partial charge < -0.3 is 9.88 Å². The van der Waals surface area contributed by atoms with Gasteiger partial charge in [-0.2, -0.15) is 0 Å². The van der Waals surface area contributed by atoms with Gasteiger partial charge in [0.05, 0.1) is 29.0 Å². The summed E-state index contributed by atoms with van der Waals surface area (Å²) in [6, 6.07) is 13.1. The Bertz CT molecular complexity index is 1180. The zero-order valence-electron chi connectivity index (χ0n) is 16.1. The maximum absolute atomic E-state index is 13.3. The van der Waals surface area contributed by atoms with E-state index in [1.165, 1.54) is 10.6 Å². The minimum Gasteiger partial charge on any atom is -0.340 e. The van der Waals surface area contributed by atoms with E-state index in [2.05, 4.69) is 4.98 Å². The number of aromatic nitrogens is 2. The third-order valence-corrected chi connectivity index (χ3v) is 7.00. The molecule has 0 unspecified atom stereocenters. The zero-order valence-corrected chi connectivity index (χ0v) is 16.9. The Morgan fingerprint density at radius 1 is 1.17 bits per heavy atom. The molecule has 29 heavy (non-hydrogen) atoms. The van der Waals surface area contributed by atoms with E-state index in [0.29, 0.717) is 30.8 Å². The number of nitrogens with zero attached hydrogens (tertiary/aromatic N) is 3. The largest absolute Gasteiger partial charge is 0.340 e. The number of hydrogen-bond donors (Lipinski definition) is 1. The zero-order chi connectivity index (χ0) is 20.2. The van der Waals surface area contributed by atoms with E-state index in [1.807, 2.05) is 35.2 Å². The van der Waals surface area contributed by atoms with Gasteiger partial charge in [-0.1, -0.05) is 12.1 Å². The van der Waals surface area contributed by atoms with Crippen molar-refractivity contribution >= 4 is 32.7 Å². The number of hydrogen-bond acceptors (Lipinski definition) is 4. The quantitative estimate of drug-likeness (QED) is 0.719. The monoisotopic (exact) mass is 410 g/mol. The topological polar surface area (TPSA) is 86.4 Å². The van der Waals surface area contributed by atoms with Crippen molar-refractivity contribution in [3.63, 3.8) is 0 Å². The Kier molecular flexibility index (Phi) is 4.13. The Labute approximate surface area is 169 Å². The van der Waals surface area contributed by atoms with Gasteiger partial charge in [-0.05, 0) is 55.2 Å². The molecule has 150 valence electrons. The molecule has 0 radical (unpaired) electrons. The van der Waals surface area contributed by atoms with Crippen LogP contribution in [-0.4, -0.2) is 48.5 Å². The van der Waals surface area contributed by atoms with Gasteiger partial charge in [0.2, 0.25) is 10.0 Å². The molecular formula is C21H22N4O3S. The molecule has 2 aromatic carbocycles. The van der Waals surface area contributed by atoms with Gasteiger partial charge in [0, 0.05) is 18.7 Å². The molecule has 8 heteroatoms. The number of nitrogens with one attached hydrogen (secondary N) is 1. The van der Waals surface area contributed by atoms with Gasteiger partial charge in [-0.3, -0.25) is 9.10 Å². The highest BCUT2D eigenvalue weighted by Gasteiger charge is 2.34.